The van der Waals surface area contributed by atoms with E-state index in [2.05, 4.69) is 48.2 Å². The van der Waals surface area contributed by atoms with E-state index in [1.165, 1.54) is 5.56 Å². The van der Waals surface area contributed by atoms with Gasteiger partial charge in [0.15, 0.2) is 0 Å². The lowest BCUT2D eigenvalue weighted by Crippen LogP contribution is -2.27. The van der Waals surface area contributed by atoms with Crippen molar-refractivity contribution in [1.29, 1.82) is 0 Å². The number of fused-ring (bicyclic) bond motifs is 1. The molecule has 0 spiro atoms. The monoisotopic (exact) mass is 261 g/mol. The van der Waals surface area contributed by atoms with Gasteiger partial charge >= 0.3 is 5.69 Å². The van der Waals surface area contributed by atoms with E-state index >= 15 is 0 Å². The first kappa shape index (κ1) is 13.9. The second-order valence-electron chi connectivity index (χ2n) is 5.00. The van der Waals surface area contributed by atoms with Gasteiger partial charge in [-0.15, -0.1) is 0 Å². The fourth-order valence-corrected chi connectivity index (χ4v) is 2.78. The minimum atomic E-state index is -0.144. The van der Waals surface area contributed by atoms with E-state index in [1.807, 2.05) is 6.07 Å². The van der Waals surface area contributed by atoms with Crippen LogP contribution in [0.3, 0.4) is 0 Å². The quantitative estimate of drug-likeness (QED) is 0.748. The Labute approximate surface area is 113 Å². The van der Waals surface area contributed by atoms with Gasteiger partial charge in [-0.25, -0.2) is 4.79 Å². The zero-order valence-corrected chi connectivity index (χ0v) is 11.9. The number of imidazole rings is 1. The molecule has 0 fully saturated rings. The van der Waals surface area contributed by atoms with E-state index in [1.54, 1.807) is 0 Å². The van der Waals surface area contributed by atoms with Crippen LogP contribution in [0.5, 0.6) is 0 Å². The van der Waals surface area contributed by atoms with Crippen LogP contribution in [0.4, 0.5) is 0 Å². The molecule has 0 saturated heterocycles. The first-order chi connectivity index (χ1) is 9.19. The lowest BCUT2D eigenvalue weighted by molar-refractivity contribution is 0.347. The molecule has 0 saturated carbocycles. The van der Waals surface area contributed by atoms with Gasteiger partial charge in [0.1, 0.15) is 0 Å². The highest BCUT2D eigenvalue weighted by molar-refractivity contribution is 5.75. The summed E-state index contributed by atoms with van der Waals surface area (Å²) < 4.78 is 0. The van der Waals surface area contributed by atoms with Gasteiger partial charge in [0.2, 0.25) is 0 Å². The maximum absolute atomic E-state index is 11.3. The van der Waals surface area contributed by atoms with Crippen LogP contribution in [0.1, 0.15) is 45.2 Å². The van der Waals surface area contributed by atoms with Gasteiger partial charge in [-0.1, -0.05) is 39.7 Å². The van der Waals surface area contributed by atoms with Gasteiger partial charge in [0.05, 0.1) is 11.0 Å². The molecular weight excluding hydrogens is 238 g/mol. The Balaban J connectivity index is 2.39. The van der Waals surface area contributed by atoms with Crippen LogP contribution in [0.25, 0.3) is 11.0 Å². The molecule has 1 heterocycles. The van der Waals surface area contributed by atoms with Crippen molar-refractivity contribution < 1.29 is 0 Å². The van der Waals surface area contributed by atoms with Gasteiger partial charge in [0, 0.05) is 6.04 Å². The van der Waals surface area contributed by atoms with E-state index in [0.29, 0.717) is 12.0 Å². The average molecular weight is 261 g/mol. The van der Waals surface area contributed by atoms with Crippen molar-refractivity contribution in [3.63, 3.8) is 0 Å². The normalized spacial score (nSPS) is 13.3. The van der Waals surface area contributed by atoms with Crippen LogP contribution >= 0.6 is 0 Å². The van der Waals surface area contributed by atoms with Crippen LogP contribution in [0, 0.1) is 5.92 Å². The number of H-pyrrole nitrogens is 2. The third kappa shape index (κ3) is 2.89. The van der Waals surface area contributed by atoms with Gasteiger partial charge < -0.3 is 15.3 Å². The summed E-state index contributed by atoms with van der Waals surface area (Å²) in [5.41, 5.74) is 2.86. The summed E-state index contributed by atoms with van der Waals surface area (Å²) in [7, 11) is 0. The maximum atomic E-state index is 11.3. The van der Waals surface area contributed by atoms with E-state index in [4.69, 9.17) is 0 Å². The smallest absolute Gasteiger partial charge is 0.310 e. The highest BCUT2D eigenvalue weighted by Gasteiger charge is 2.19. The SMILES string of the molecule is CCNC(c1ccc2[nH]c(=O)[nH]c2c1)C(CC)CC. The number of aromatic nitrogens is 2. The third-order valence-corrected chi connectivity index (χ3v) is 3.84. The Kier molecular flexibility index (Phi) is 4.43. The molecule has 4 heteroatoms. The lowest BCUT2D eigenvalue weighted by Gasteiger charge is -2.26. The number of benzene rings is 1. The summed E-state index contributed by atoms with van der Waals surface area (Å²) in [5, 5.41) is 3.57. The molecule has 0 radical (unpaired) electrons. The predicted molar refractivity (Wildman–Crippen MR) is 79.4 cm³/mol. The largest absolute Gasteiger partial charge is 0.323 e. The molecule has 0 aliphatic heterocycles. The van der Waals surface area contributed by atoms with Gasteiger partial charge in [-0.05, 0) is 30.2 Å². The molecule has 2 rings (SSSR count). The lowest BCUT2D eigenvalue weighted by atomic mass is 9.88. The molecule has 0 amide bonds. The van der Waals surface area contributed by atoms with Crippen molar-refractivity contribution in [3.05, 3.63) is 34.2 Å². The van der Waals surface area contributed by atoms with Crippen molar-refractivity contribution in [1.82, 2.24) is 15.3 Å². The van der Waals surface area contributed by atoms with Crippen molar-refractivity contribution in [3.8, 4) is 0 Å². The highest BCUT2D eigenvalue weighted by atomic mass is 16.1. The molecule has 2 aromatic rings. The molecule has 1 aromatic carbocycles. The molecular formula is C15H23N3O. The number of aromatic amines is 2. The number of hydrogen-bond acceptors (Lipinski definition) is 2. The Morgan fingerprint density at radius 3 is 2.42 bits per heavy atom. The first-order valence-corrected chi connectivity index (χ1v) is 7.14. The second-order valence-corrected chi connectivity index (χ2v) is 5.00. The molecule has 104 valence electrons. The van der Waals surface area contributed by atoms with E-state index in [-0.39, 0.29) is 5.69 Å². The fourth-order valence-electron chi connectivity index (χ4n) is 2.78. The topological polar surface area (TPSA) is 60.7 Å². The summed E-state index contributed by atoms with van der Waals surface area (Å²) in [5.74, 6) is 0.614. The summed E-state index contributed by atoms with van der Waals surface area (Å²) in [6, 6.07) is 6.52. The molecule has 1 aromatic heterocycles. The Morgan fingerprint density at radius 1 is 1.11 bits per heavy atom. The second kappa shape index (κ2) is 6.06. The minimum absolute atomic E-state index is 0.144. The molecule has 1 unspecified atom stereocenters. The summed E-state index contributed by atoms with van der Waals surface area (Å²) in [6.07, 6.45) is 2.30. The van der Waals surface area contributed by atoms with Crippen LogP contribution in [0.15, 0.2) is 23.0 Å². The molecule has 0 aliphatic carbocycles. The van der Waals surface area contributed by atoms with Crippen molar-refractivity contribution in [2.24, 2.45) is 5.92 Å². The Bertz CT molecular complexity index is 580. The Hall–Kier alpha value is -1.55. The molecule has 0 bridgehead atoms. The molecule has 1 atom stereocenters. The third-order valence-electron chi connectivity index (χ3n) is 3.84. The van der Waals surface area contributed by atoms with Gasteiger partial charge in [0.25, 0.3) is 0 Å². The standard InChI is InChI=1S/C15H23N3O/c1-4-10(5-2)14(16-6-3)11-7-8-12-13(9-11)18-15(19)17-12/h7-10,14,16H,4-6H2,1-3H3,(H2,17,18,19). The van der Waals surface area contributed by atoms with Crippen LogP contribution in [-0.2, 0) is 0 Å². The van der Waals surface area contributed by atoms with Crippen LogP contribution in [0.2, 0.25) is 0 Å². The summed E-state index contributed by atoms with van der Waals surface area (Å²) in [6.45, 7) is 7.54. The predicted octanol–water partition coefficient (Wildman–Crippen LogP) is 2.94. The fraction of sp³-hybridized carbons (Fsp3) is 0.533. The molecule has 4 nitrogen and oxygen atoms in total. The van der Waals surface area contributed by atoms with E-state index in [9.17, 15) is 4.79 Å². The zero-order valence-electron chi connectivity index (χ0n) is 11.9. The van der Waals surface area contributed by atoms with Crippen molar-refractivity contribution >= 4 is 11.0 Å². The summed E-state index contributed by atoms with van der Waals surface area (Å²) in [4.78, 5) is 16.9. The molecule has 0 aliphatic rings. The van der Waals surface area contributed by atoms with Crippen LogP contribution in [-0.4, -0.2) is 16.5 Å². The van der Waals surface area contributed by atoms with Crippen molar-refractivity contribution in [2.75, 3.05) is 6.54 Å². The molecule has 19 heavy (non-hydrogen) atoms. The average Bonchev–Trinajstić information content (AvgIpc) is 2.78. The Morgan fingerprint density at radius 2 is 1.79 bits per heavy atom. The van der Waals surface area contributed by atoms with Crippen molar-refractivity contribution in [2.45, 2.75) is 39.7 Å². The van der Waals surface area contributed by atoms with Gasteiger partial charge in [-0.3, -0.25) is 0 Å². The minimum Gasteiger partial charge on any atom is -0.310 e. The zero-order chi connectivity index (χ0) is 13.8. The number of hydrogen-bond donors (Lipinski definition) is 3. The maximum Gasteiger partial charge on any atom is 0.323 e. The summed E-state index contributed by atoms with van der Waals surface area (Å²) >= 11 is 0. The van der Waals surface area contributed by atoms with E-state index < -0.39 is 0 Å². The van der Waals surface area contributed by atoms with E-state index in [0.717, 1.165) is 30.4 Å². The number of rotatable bonds is 6. The van der Waals surface area contributed by atoms with Crippen LogP contribution < -0.4 is 11.0 Å². The highest BCUT2D eigenvalue weighted by Crippen LogP contribution is 2.28. The number of nitrogens with one attached hydrogen (secondary N) is 3. The molecule has 3 N–H and O–H groups in total. The first-order valence-electron chi connectivity index (χ1n) is 7.14. The van der Waals surface area contributed by atoms with Gasteiger partial charge in [-0.2, -0.15) is 0 Å².